The van der Waals surface area contributed by atoms with Crippen LogP contribution in [-0.4, -0.2) is 24.9 Å². The molecular weight excluding hydrogens is 429 g/mol. The van der Waals surface area contributed by atoms with E-state index in [1.165, 1.54) is 5.56 Å². The Morgan fingerprint density at radius 2 is 1.67 bits per heavy atom. The highest BCUT2D eigenvalue weighted by Crippen LogP contribution is 2.36. The molecule has 3 aromatic carbocycles. The van der Waals surface area contributed by atoms with E-state index in [9.17, 15) is 13.2 Å². The van der Waals surface area contributed by atoms with Gasteiger partial charge in [-0.15, -0.1) is 0 Å². The first-order valence-corrected chi connectivity index (χ1v) is 11.0. The number of ether oxygens (including phenoxy) is 1. The highest BCUT2D eigenvalue weighted by molar-refractivity contribution is 5.69. The average molecular weight is 457 g/mol. The molecule has 0 saturated carbocycles. The number of alkyl halides is 3. The van der Waals surface area contributed by atoms with Gasteiger partial charge in [0.25, 0.3) is 0 Å². The number of halogens is 3. The third-order valence-corrected chi connectivity index (χ3v) is 6.24. The molecule has 0 aliphatic carbocycles. The quantitative estimate of drug-likeness (QED) is 0.381. The monoisotopic (exact) mass is 456 g/mol. The van der Waals surface area contributed by atoms with E-state index in [1.807, 2.05) is 23.7 Å². The van der Waals surface area contributed by atoms with Gasteiger partial charge < -0.3 is 10.1 Å². The third kappa shape index (κ3) is 5.55. The van der Waals surface area contributed by atoms with E-state index in [0.717, 1.165) is 38.1 Å². The zero-order chi connectivity index (χ0) is 23.3. The molecule has 0 aromatic heterocycles. The largest absolute Gasteiger partial charge is 0.416 e. The molecule has 1 heterocycles. The van der Waals surface area contributed by atoms with E-state index < -0.39 is 11.7 Å². The van der Waals surface area contributed by atoms with E-state index in [2.05, 4.69) is 17.4 Å². The van der Waals surface area contributed by atoms with Crippen molar-refractivity contribution < 1.29 is 23.1 Å². The number of benzene rings is 3. The van der Waals surface area contributed by atoms with Gasteiger partial charge in [0.2, 0.25) is 0 Å². The van der Waals surface area contributed by atoms with E-state index in [4.69, 9.17) is 9.94 Å². The van der Waals surface area contributed by atoms with Crippen molar-refractivity contribution >= 4 is 5.69 Å². The lowest BCUT2D eigenvalue weighted by Crippen LogP contribution is -2.43. The van der Waals surface area contributed by atoms with Crippen LogP contribution in [0.15, 0.2) is 72.8 Å². The molecule has 1 fully saturated rings. The Morgan fingerprint density at radius 3 is 2.36 bits per heavy atom. The van der Waals surface area contributed by atoms with Gasteiger partial charge in [0.1, 0.15) is 0 Å². The Kier molecular flexibility index (Phi) is 7.02. The minimum Gasteiger partial charge on any atom is -0.376 e. The molecule has 3 aromatic rings. The van der Waals surface area contributed by atoms with Crippen molar-refractivity contribution in [3.05, 3.63) is 89.5 Å². The minimum atomic E-state index is -4.47. The third-order valence-electron chi connectivity index (χ3n) is 6.24. The number of hydrogen-bond acceptors (Lipinski definition) is 4. The molecule has 1 saturated heterocycles. The molecule has 7 heteroatoms. The zero-order valence-electron chi connectivity index (χ0n) is 18.2. The Balaban J connectivity index is 1.58. The van der Waals surface area contributed by atoms with Gasteiger partial charge in [-0.2, -0.15) is 13.2 Å². The first kappa shape index (κ1) is 23.3. The number of piperidine rings is 1. The highest BCUT2D eigenvalue weighted by atomic mass is 19.4. The lowest BCUT2D eigenvalue weighted by molar-refractivity contribution is -0.137. The maximum Gasteiger partial charge on any atom is 0.416 e. The summed E-state index contributed by atoms with van der Waals surface area (Å²) in [6.07, 6.45) is -2.66. The summed E-state index contributed by atoms with van der Waals surface area (Å²) in [4.78, 5) is 0. The molecule has 4 rings (SSSR count). The lowest BCUT2D eigenvalue weighted by Gasteiger charge is -2.38. The SMILES string of the molecule is ONc1cccc(-c2cc(COCC3(c4ccccc4)CCNCC3)cc(C(F)(F)F)c2)c1. The maximum atomic E-state index is 13.6. The Bertz CT molecular complexity index is 1060. The maximum absolute atomic E-state index is 13.6. The van der Waals surface area contributed by atoms with Crippen molar-refractivity contribution in [3.63, 3.8) is 0 Å². The Hall–Kier alpha value is -2.87. The molecule has 0 bridgehead atoms. The van der Waals surface area contributed by atoms with Crippen LogP contribution in [0.4, 0.5) is 18.9 Å². The molecule has 0 radical (unpaired) electrons. The summed E-state index contributed by atoms with van der Waals surface area (Å²) < 4.78 is 46.9. The first-order valence-electron chi connectivity index (χ1n) is 11.0. The standard InChI is InChI=1S/C26H27F3N2O2/c27-26(28,29)23-14-19(13-21(15-23)20-5-4-8-24(16-20)31-32)17-33-18-25(9-11-30-12-10-25)22-6-2-1-3-7-22/h1-8,13-16,30-32H,9-12,17-18H2. The number of rotatable bonds is 7. The van der Waals surface area contributed by atoms with Gasteiger partial charge in [-0.05, 0) is 78.5 Å². The molecule has 1 aliphatic rings. The second-order valence-electron chi connectivity index (χ2n) is 8.50. The molecule has 0 spiro atoms. The van der Waals surface area contributed by atoms with Crippen molar-refractivity contribution in [2.24, 2.45) is 0 Å². The lowest BCUT2D eigenvalue weighted by atomic mass is 9.74. The molecule has 0 amide bonds. The van der Waals surface area contributed by atoms with Crippen LogP contribution < -0.4 is 10.8 Å². The molecule has 174 valence electrons. The summed E-state index contributed by atoms with van der Waals surface area (Å²) in [7, 11) is 0. The van der Waals surface area contributed by atoms with Crippen LogP contribution in [0, 0.1) is 0 Å². The summed E-state index contributed by atoms with van der Waals surface area (Å²) in [5.41, 5.74) is 4.20. The van der Waals surface area contributed by atoms with Gasteiger partial charge in [0.05, 0.1) is 24.5 Å². The van der Waals surface area contributed by atoms with Gasteiger partial charge in [0, 0.05) is 5.41 Å². The van der Waals surface area contributed by atoms with Crippen LogP contribution in [0.3, 0.4) is 0 Å². The highest BCUT2D eigenvalue weighted by Gasteiger charge is 2.34. The van der Waals surface area contributed by atoms with Gasteiger partial charge in [-0.3, -0.25) is 10.7 Å². The molecule has 3 N–H and O–H groups in total. The minimum absolute atomic E-state index is 0.0802. The topological polar surface area (TPSA) is 53.5 Å². The van der Waals surface area contributed by atoms with Gasteiger partial charge in [-0.1, -0.05) is 42.5 Å². The molecule has 4 nitrogen and oxygen atoms in total. The van der Waals surface area contributed by atoms with Crippen LogP contribution in [0.25, 0.3) is 11.1 Å². The van der Waals surface area contributed by atoms with Crippen LogP contribution in [0.2, 0.25) is 0 Å². The van der Waals surface area contributed by atoms with E-state index in [0.29, 0.717) is 29.0 Å². The van der Waals surface area contributed by atoms with Crippen LogP contribution in [-0.2, 0) is 22.9 Å². The molecule has 0 unspecified atom stereocenters. The summed E-state index contributed by atoms with van der Waals surface area (Å²) >= 11 is 0. The van der Waals surface area contributed by atoms with Crippen molar-refractivity contribution in [3.8, 4) is 11.1 Å². The predicted octanol–water partition coefficient (Wildman–Crippen LogP) is 6.01. The Morgan fingerprint density at radius 1 is 0.909 bits per heavy atom. The Labute approximate surface area is 191 Å². The van der Waals surface area contributed by atoms with Gasteiger partial charge in [0.15, 0.2) is 0 Å². The normalized spacial score (nSPS) is 15.9. The summed E-state index contributed by atoms with van der Waals surface area (Å²) in [6.45, 7) is 2.27. The van der Waals surface area contributed by atoms with Crippen molar-refractivity contribution in [1.29, 1.82) is 0 Å². The van der Waals surface area contributed by atoms with Crippen molar-refractivity contribution in [2.45, 2.75) is 31.0 Å². The number of nitrogens with one attached hydrogen (secondary N) is 2. The van der Waals surface area contributed by atoms with E-state index in [-0.39, 0.29) is 12.0 Å². The van der Waals surface area contributed by atoms with Crippen LogP contribution in [0.1, 0.15) is 29.5 Å². The van der Waals surface area contributed by atoms with Gasteiger partial charge in [-0.25, -0.2) is 0 Å². The van der Waals surface area contributed by atoms with Crippen LogP contribution >= 0.6 is 0 Å². The fraction of sp³-hybridized carbons (Fsp3) is 0.308. The molecule has 33 heavy (non-hydrogen) atoms. The fourth-order valence-corrected chi connectivity index (χ4v) is 4.45. The fourth-order valence-electron chi connectivity index (χ4n) is 4.45. The molecule has 1 aliphatic heterocycles. The average Bonchev–Trinajstić information content (AvgIpc) is 2.84. The van der Waals surface area contributed by atoms with Gasteiger partial charge >= 0.3 is 6.18 Å². The smallest absolute Gasteiger partial charge is 0.376 e. The summed E-state index contributed by atoms with van der Waals surface area (Å²) in [5.74, 6) is 0. The molecular formula is C26H27F3N2O2. The van der Waals surface area contributed by atoms with E-state index in [1.54, 1.807) is 30.3 Å². The van der Waals surface area contributed by atoms with Crippen molar-refractivity contribution in [2.75, 3.05) is 25.2 Å². The summed E-state index contributed by atoms with van der Waals surface area (Å²) in [5, 5.41) is 12.5. The number of anilines is 1. The second-order valence-corrected chi connectivity index (χ2v) is 8.50. The first-order chi connectivity index (χ1) is 15.9. The number of hydrogen-bond donors (Lipinski definition) is 3. The zero-order valence-corrected chi connectivity index (χ0v) is 18.2. The summed E-state index contributed by atoms with van der Waals surface area (Å²) in [6, 6.07) is 20.8. The van der Waals surface area contributed by atoms with Crippen LogP contribution in [0.5, 0.6) is 0 Å². The second kappa shape index (κ2) is 9.95. The van der Waals surface area contributed by atoms with Crippen molar-refractivity contribution in [1.82, 2.24) is 5.32 Å². The molecule has 0 atom stereocenters. The van der Waals surface area contributed by atoms with E-state index >= 15 is 0 Å². The predicted molar refractivity (Wildman–Crippen MR) is 122 cm³/mol.